The predicted molar refractivity (Wildman–Crippen MR) is 123 cm³/mol. The number of alkyl halides is 3. The summed E-state index contributed by atoms with van der Waals surface area (Å²) >= 11 is 0. The van der Waals surface area contributed by atoms with Gasteiger partial charge in [0.25, 0.3) is 5.91 Å². The average molecular weight is 467 g/mol. The van der Waals surface area contributed by atoms with Crippen molar-refractivity contribution in [1.82, 2.24) is 0 Å². The lowest BCUT2D eigenvalue weighted by molar-refractivity contribution is -0.137. The van der Waals surface area contributed by atoms with Crippen molar-refractivity contribution in [2.75, 3.05) is 11.9 Å². The fraction of sp³-hybridized carbons (Fsp3) is 0.154. The van der Waals surface area contributed by atoms with Crippen LogP contribution < -0.4 is 15.5 Å². The molecule has 0 aliphatic rings. The maximum absolute atomic E-state index is 13.3. The minimum absolute atomic E-state index is 0.0372. The molecular formula is C26H20F3NO4. The number of anilines is 1. The van der Waals surface area contributed by atoms with Gasteiger partial charge in [-0.25, -0.2) is 0 Å². The summed E-state index contributed by atoms with van der Waals surface area (Å²) in [5.41, 5.74) is 0.517. The molecule has 174 valence electrons. The standard InChI is InChI=1S/C26H20F3NO4/c1-2-16-11-12-21-20(13-16)23(32)25(24(34-21)17-7-4-3-5-8-17)33-15-22(31)30-19-10-6-9-18(14-19)26(27,28)29/h3-14H,2,15H2,1H3,(H,30,31). The van der Waals surface area contributed by atoms with Gasteiger partial charge in [0.15, 0.2) is 12.4 Å². The zero-order chi connectivity index (χ0) is 24.3. The Morgan fingerprint density at radius 2 is 1.76 bits per heavy atom. The van der Waals surface area contributed by atoms with Crippen LogP contribution >= 0.6 is 0 Å². The summed E-state index contributed by atoms with van der Waals surface area (Å²) in [5, 5.41) is 2.67. The summed E-state index contributed by atoms with van der Waals surface area (Å²) < 4.78 is 50.3. The molecule has 1 N–H and O–H groups in total. The van der Waals surface area contributed by atoms with Crippen LogP contribution in [0.25, 0.3) is 22.3 Å². The Morgan fingerprint density at radius 3 is 2.47 bits per heavy atom. The van der Waals surface area contributed by atoms with Crippen molar-refractivity contribution in [1.29, 1.82) is 0 Å². The van der Waals surface area contributed by atoms with Gasteiger partial charge >= 0.3 is 6.18 Å². The molecule has 1 amide bonds. The van der Waals surface area contributed by atoms with E-state index >= 15 is 0 Å². The Balaban J connectivity index is 1.65. The van der Waals surface area contributed by atoms with E-state index in [0.29, 0.717) is 23.0 Å². The molecule has 0 saturated heterocycles. The van der Waals surface area contributed by atoms with Crippen molar-refractivity contribution < 1.29 is 27.1 Å². The summed E-state index contributed by atoms with van der Waals surface area (Å²) in [4.78, 5) is 25.7. The number of amides is 1. The van der Waals surface area contributed by atoms with E-state index < -0.39 is 29.7 Å². The third kappa shape index (κ3) is 4.96. The Hall–Kier alpha value is -4.07. The number of halogens is 3. The second-order valence-electron chi connectivity index (χ2n) is 7.55. The molecule has 0 spiro atoms. The van der Waals surface area contributed by atoms with E-state index in [4.69, 9.17) is 9.15 Å². The highest BCUT2D eigenvalue weighted by Crippen LogP contribution is 2.32. The number of fused-ring (bicyclic) bond motifs is 1. The van der Waals surface area contributed by atoms with Gasteiger partial charge in [-0.2, -0.15) is 13.2 Å². The SMILES string of the molecule is CCc1ccc2oc(-c3ccccc3)c(OCC(=O)Nc3cccc(C(F)(F)F)c3)c(=O)c2c1. The number of benzene rings is 3. The van der Waals surface area contributed by atoms with E-state index in [0.717, 1.165) is 17.7 Å². The molecule has 0 saturated carbocycles. The van der Waals surface area contributed by atoms with E-state index in [2.05, 4.69) is 5.32 Å². The largest absolute Gasteiger partial charge is 0.476 e. The molecule has 5 nitrogen and oxygen atoms in total. The highest BCUT2D eigenvalue weighted by atomic mass is 19.4. The summed E-state index contributed by atoms with van der Waals surface area (Å²) in [6.45, 7) is 1.36. The van der Waals surface area contributed by atoms with Crippen molar-refractivity contribution in [2.45, 2.75) is 19.5 Å². The fourth-order valence-electron chi connectivity index (χ4n) is 3.46. The molecule has 0 aliphatic heterocycles. The molecule has 4 aromatic rings. The van der Waals surface area contributed by atoms with Gasteiger partial charge in [-0.05, 0) is 42.3 Å². The van der Waals surface area contributed by atoms with Crippen molar-refractivity contribution >= 4 is 22.6 Å². The van der Waals surface area contributed by atoms with Crippen molar-refractivity contribution in [3.05, 3.63) is 94.1 Å². The number of hydrogen-bond donors (Lipinski definition) is 1. The second-order valence-corrected chi connectivity index (χ2v) is 7.55. The molecule has 1 heterocycles. The highest BCUT2D eigenvalue weighted by Gasteiger charge is 2.30. The normalized spacial score (nSPS) is 11.4. The summed E-state index contributed by atoms with van der Waals surface area (Å²) in [7, 11) is 0. The van der Waals surface area contributed by atoms with Crippen LogP contribution in [-0.4, -0.2) is 12.5 Å². The van der Waals surface area contributed by atoms with E-state index in [-0.39, 0.29) is 17.2 Å². The van der Waals surface area contributed by atoms with Gasteiger partial charge < -0.3 is 14.5 Å². The predicted octanol–water partition coefficient (Wildman–Crippen LogP) is 6.06. The third-order valence-corrected chi connectivity index (χ3v) is 5.18. The summed E-state index contributed by atoms with van der Waals surface area (Å²) in [6, 6.07) is 18.4. The van der Waals surface area contributed by atoms with Crippen molar-refractivity contribution in [3.8, 4) is 17.1 Å². The number of rotatable bonds is 6. The zero-order valence-corrected chi connectivity index (χ0v) is 18.1. The van der Waals surface area contributed by atoms with E-state index in [9.17, 15) is 22.8 Å². The monoisotopic (exact) mass is 467 g/mol. The molecule has 0 atom stereocenters. The first kappa shape index (κ1) is 23.1. The highest BCUT2D eigenvalue weighted by molar-refractivity contribution is 5.92. The molecule has 8 heteroatoms. The van der Waals surface area contributed by atoms with Gasteiger partial charge in [0.05, 0.1) is 10.9 Å². The smallest absolute Gasteiger partial charge is 0.416 e. The quantitative estimate of drug-likeness (QED) is 0.374. The number of hydrogen-bond acceptors (Lipinski definition) is 4. The third-order valence-electron chi connectivity index (χ3n) is 5.18. The van der Waals surface area contributed by atoms with E-state index in [1.165, 1.54) is 12.1 Å². The summed E-state index contributed by atoms with van der Waals surface area (Å²) in [5.74, 6) is -0.708. The lowest BCUT2D eigenvalue weighted by Crippen LogP contribution is -2.23. The number of aryl methyl sites for hydroxylation is 1. The van der Waals surface area contributed by atoms with Gasteiger partial charge in [0, 0.05) is 11.3 Å². The van der Waals surface area contributed by atoms with Gasteiger partial charge in [-0.1, -0.05) is 49.4 Å². The van der Waals surface area contributed by atoms with Gasteiger partial charge in [0.1, 0.15) is 5.58 Å². The molecule has 0 fully saturated rings. The van der Waals surface area contributed by atoms with Crippen LogP contribution in [0.15, 0.2) is 82.0 Å². The second kappa shape index (κ2) is 9.43. The lowest BCUT2D eigenvalue weighted by Gasteiger charge is -2.13. The average Bonchev–Trinajstić information content (AvgIpc) is 2.83. The fourth-order valence-corrected chi connectivity index (χ4v) is 3.46. The molecule has 4 rings (SSSR count). The first-order valence-corrected chi connectivity index (χ1v) is 10.5. The van der Waals surface area contributed by atoms with Crippen LogP contribution in [0.4, 0.5) is 18.9 Å². The Morgan fingerprint density at radius 1 is 1.00 bits per heavy atom. The first-order valence-electron chi connectivity index (χ1n) is 10.5. The van der Waals surface area contributed by atoms with E-state index in [1.54, 1.807) is 42.5 Å². The summed E-state index contributed by atoms with van der Waals surface area (Å²) in [6.07, 6.45) is -3.82. The lowest BCUT2D eigenvalue weighted by atomic mass is 10.1. The van der Waals surface area contributed by atoms with Crippen molar-refractivity contribution in [3.63, 3.8) is 0 Å². The molecule has 0 radical (unpaired) electrons. The van der Waals surface area contributed by atoms with Gasteiger partial charge in [-0.15, -0.1) is 0 Å². The van der Waals surface area contributed by atoms with Crippen LogP contribution in [0.2, 0.25) is 0 Å². The molecule has 34 heavy (non-hydrogen) atoms. The molecule has 0 unspecified atom stereocenters. The molecule has 1 aromatic heterocycles. The molecule has 0 aliphatic carbocycles. The first-order chi connectivity index (χ1) is 16.3. The maximum atomic E-state index is 13.3. The number of ether oxygens (including phenoxy) is 1. The number of carbonyl (C=O) groups is 1. The van der Waals surface area contributed by atoms with Gasteiger partial charge in [0.2, 0.25) is 11.2 Å². The topological polar surface area (TPSA) is 68.5 Å². The maximum Gasteiger partial charge on any atom is 0.416 e. The minimum Gasteiger partial charge on any atom is -0.476 e. The Labute approximate surface area is 192 Å². The van der Waals surface area contributed by atoms with Crippen LogP contribution in [-0.2, 0) is 17.4 Å². The number of nitrogens with one attached hydrogen (secondary N) is 1. The van der Waals surface area contributed by atoms with E-state index in [1.807, 2.05) is 13.0 Å². The Kier molecular flexibility index (Phi) is 6.40. The zero-order valence-electron chi connectivity index (χ0n) is 18.1. The van der Waals surface area contributed by atoms with Crippen LogP contribution in [0.3, 0.4) is 0 Å². The number of carbonyl (C=O) groups excluding carboxylic acids is 1. The molecular weight excluding hydrogens is 447 g/mol. The molecule has 3 aromatic carbocycles. The minimum atomic E-state index is -4.54. The van der Waals surface area contributed by atoms with Crippen LogP contribution in [0, 0.1) is 0 Å². The van der Waals surface area contributed by atoms with Crippen LogP contribution in [0.5, 0.6) is 5.75 Å². The molecule has 0 bridgehead atoms. The Bertz CT molecular complexity index is 1400. The van der Waals surface area contributed by atoms with Crippen LogP contribution in [0.1, 0.15) is 18.1 Å². The van der Waals surface area contributed by atoms with Gasteiger partial charge in [-0.3, -0.25) is 9.59 Å². The van der Waals surface area contributed by atoms with Crippen molar-refractivity contribution in [2.24, 2.45) is 0 Å².